The van der Waals surface area contributed by atoms with E-state index in [-0.39, 0.29) is 29.3 Å². The summed E-state index contributed by atoms with van der Waals surface area (Å²) in [5.41, 5.74) is 1.67. The molecular weight excluding hydrogens is 382 g/mol. The van der Waals surface area contributed by atoms with Crippen LogP contribution in [0.3, 0.4) is 0 Å². The first-order chi connectivity index (χ1) is 13.5. The van der Waals surface area contributed by atoms with Gasteiger partial charge in [-0.2, -0.15) is 0 Å². The van der Waals surface area contributed by atoms with Gasteiger partial charge in [-0.3, -0.25) is 24.1 Å². The number of anilines is 1. The Labute approximate surface area is 164 Å². The molecule has 1 saturated heterocycles. The number of nitro groups is 1. The Kier molecular flexibility index (Phi) is 4.74. The maximum Gasteiger partial charge on any atom is 0.356 e. The molecule has 2 aromatic carbocycles. The number of benzene rings is 2. The maximum absolute atomic E-state index is 12.6. The smallest absolute Gasteiger partial charge is 0.356 e. The van der Waals surface area contributed by atoms with Gasteiger partial charge in [-0.05, 0) is 41.8 Å². The molecule has 0 saturated carbocycles. The second kappa shape index (κ2) is 7.35. The van der Waals surface area contributed by atoms with Crippen LogP contribution in [0.4, 0.5) is 11.4 Å². The zero-order chi connectivity index (χ0) is 19.7. The van der Waals surface area contributed by atoms with Gasteiger partial charge in [-0.25, -0.2) is 4.79 Å². The van der Waals surface area contributed by atoms with Crippen molar-refractivity contribution in [3.8, 4) is 0 Å². The van der Waals surface area contributed by atoms with E-state index < -0.39 is 10.9 Å². The van der Waals surface area contributed by atoms with E-state index in [1.54, 1.807) is 6.20 Å². The third-order valence-electron chi connectivity index (χ3n) is 4.38. The number of carbonyl (C=O) groups excluding carboxylic acids is 2. The SMILES string of the molecule is O=C(OCc1ccc([N+](=O)[O-])cc1)C1=CN(c2ccccc2)S[C@H]2CC(=O)N12. The standard InChI is InChI=1S/C19H15N3O5S/c23-17-10-18-21(17)16(11-20(28-18)14-4-2-1-3-5-14)19(24)27-12-13-6-8-15(9-7-13)22(25)26/h1-9,11,18H,10,12H2/t18-/m0/s1. The molecular formula is C19H15N3O5S. The molecule has 0 N–H and O–H groups in total. The molecule has 28 heavy (non-hydrogen) atoms. The predicted molar refractivity (Wildman–Crippen MR) is 103 cm³/mol. The third-order valence-corrected chi connectivity index (χ3v) is 5.54. The molecule has 142 valence electrons. The van der Waals surface area contributed by atoms with Gasteiger partial charge in [0.25, 0.3) is 5.69 Å². The van der Waals surface area contributed by atoms with Crippen LogP contribution in [0.2, 0.25) is 0 Å². The molecule has 0 spiro atoms. The lowest BCUT2D eigenvalue weighted by Gasteiger charge is -2.45. The van der Waals surface area contributed by atoms with Gasteiger partial charge >= 0.3 is 5.97 Å². The van der Waals surface area contributed by atoms with Crippen molar-refractivity contribution in [2.75, 3.05) is 4.31 Å². The van der Waals surface area contributed by atoms with E-state index in [0.717, 1.165) is 5.69 Å². The van der Waals surface area contributed by atoms with Gasteiger partial charge in [-0.15, -0.1) is 0 Å². The van der Waals surface area contributed by atoms with Crippen LogP contribution in [0, 0.1) is 10.1 Å². The second-order valence-electron chi connectivity index (χ2n) is 6.20. The first-order valence-corrected chi connectivity index (χ1v) is 9.32. The van der Waals surface area contributed by atoms with Crippen LogP contribution < -0.4 is 4.31 Å². The Bertz CT molecular complexity index is 961. The molecule has 0 radical (unpaired) electrons. The summed E-state index contributed by atoms with van der Waals surface area (Å²) >= 11 is 1.47. The molecule has 0 aliphatic carbocycles. The summed E-state index contributed by atoms with van der Waals surface area (Å²) in [7, 11) is 0. The van der Waals surface area contributed by atoms with Crippen LogP contribution in [-0.2, 0) is 20.9 Å². The average molecular weight is 397 g/mol. The van der Waals surface area contributed by atoms with Crippen molar-refractivity contribution in [1.29, 1.82) is 0 Å². The van der Waals surface area contributed by atoms with Gasteiger partial charge in [0.2, 0.25) is 5.91 Å². The number of fused-ring (bicyclic) bond motifs is 1. The molecule has 1 fully saturated rings. The number of para-hydroxylation sites is 1. The quantitative estimate of drug-likeness (QED) is 0.251. The van der Waals surface area contributed by atoms with Crippen molar-refractivity contribution in [1.82, 2.24) is 4.90 Å². The molecule has 0 aromatic heterocycles. The maximum atomic E-state index is 12.6. The fraction of sp³-hybridized carbons (Fsp3) is 0.158. The summed E-state index contributed by atoms with van der Waals surface area (Å²) in [6.45, 7) is -0.0423. The lowest BCUT2D eigenvalue weighted by molar-refractivity contribution is -0.384. The number of carbonyl (C=O) groups is 2. The summed E-state index contributed by atoms with van der Waals surface area (Å²) in [6, 6.07) is 15.3. The highest BCUT2D eigenvalue weighted by Crippen LogP contribution is 2.42. The van der Waals surface area contributed by atoms with E-state index in [1.807, 2.05) is 34.6 Å². The lowest BCUT2D eigenvalue weighted by Crippen LogP contribution is -2.55. The number of esters is 1. The van der Waals surface area contributed by atoms with E-state index in [9.17, 15) is 19.7 Å². The van der Waals surface area contributed by atoms with Crippen LogP contribution in [0.25, 0.3) is 0 Å². The first-order valence-electron chi connectivity index (χ1n) is 8.48. The molecule has 8 nitrogen and oxygen atoms in total. The Hall–Kier alpha value is -3.33. The summed E-state index contributed by atoms with van der Waals surface area (Å²) in [6.07, 6.45) is 1.96. The van der Waals surface area contributed by atoms with Crippen molar-refractivity contribution < 1.29 is 19.2 Å². The molecule has 0 unspecified atom stereocenters. The fourth-order valence-electron chi connectivity index (χ4n) is 2.89. The molecule has 1 amide bonds. The van der Waals surface area contributed by atoms with Gasteiger partial charge in [0.15, 0.2) is 0 Å². The molecule has 2 aromatic rings. The highest BCUT2D eigenvalue weighted by atomic mass is 32.2. The van der Waals surface area contributed by atoms with Gasteiger partial charge < -0.3 is 4.74 Å². The van der Waals surface area contributed by atoms with Crippen LogP contribution in [0.15, 0.2) is 66.5 Å². The summed E-state index contributed by atoms with van der Waals surface area (Å²) in [5.74, 6) is -0.735. The molecule has 4 rings (SSSR count). The molecule has 2 heterocycles. The number of nitro benzene ring substituents is 1. The minimum absolute atomic E-state index is 0.0328. The normalized spacial score (nSPS) is 18.1. The van der Waals surface area contributed by atoms with Gasteiger partial charge in [0.1, 0.15) is 17.7 Å². The highest BCUT2D eigenvalue weighted by Gasteiger charge is 2.46. The monoisotopic (exact) mass is 397 g/mol. The van der Waals surface area contributed by atoms with Gasteiger partial charge in [-0.1, -0.05) is 18.2 Å². The minimum Gasteiger partial charge on any atom is -0.456 e. The summed E-state index contributed by atoms with van der Waals surface area (Å²) in [5, 5.41) is 10.6. The molecule has 0 bridgehead atoms. The average Bonchev–Trinajstić information content (AvgIpc) is 2.71. The Morgan fingerprint density at radius 1 is 1.18 bits per heavy atom. The van der Waals surface area contributed by atoms with Crippen LogP contribution in [-0.4, -0.2) is 27.1 Å². The minimum atomic E-state index is -0.613. The zero-order valence-electron chi connectivity index (χ0n) is 14.6. The first kappa shape index (κ1) is 18.1. The number of hydrogen-bond acceptors (Lipinski definition) is 7. The summed E-state index contributed by atoms with van der Waals surface area (Å²) in [4.78, 5) is 36.3. The number of rotatable bonds is 5. The Morgan fingerprint density at radius 2 is 1.89 bits per heavy atom. The van der Waals surface area contributed by atoms with E-state index >= 15 is 0 Å². The molecule has 2 aliphatic rings. The topological polar surface area (TPSA) is 93.0 Å². The molecule has 9 heteroatoms. The molecule has 2 aliphatic heterocycles. The van der Waals surface area contributed by atoms with E-state index in [0.29, 0.717) is 12.0 Å². The molecule has 1 atom stereocenters. The number of hydrogen-bond donors (Lipinski definition) is 0. The predicted octanol–water partition coefficient (Wildman–Crippen LogP) is 3.21. The summed E-state index contributed by atoms with van der Waals surface area (Å²) < 4.78 is 7.20. The van der Waals surface area contributed by atoms with Crippen LogP contribution in [0.1, 0.15) is 12.0 Å². The van der Waals surface area contributed by atoms with Gasteiger partial charge in [0, 0.05) is 18.3 Å². The second-order valence-corrected chi connectivity index (χ2v) is 7.35. The van der Waals surface area contributed by atoms with Crippen molar-refractivity contribution in [3.63, 3.8) is 0 Å². The van der Waals surface area contributed by atoms with Crippen molar-refractivity contribution in [2.45, 2.75) is 18.4 Å². The fourth-order valence-corrected chi connectivity index (χ4v) is 4.10. The Balaban J connectivity index is 1.50. The van der Waals surface area contributed by atoms with Crippen molar-refractivity contribution in [3.05, 3.63) is 82.2 Å². The van der Waals surface area contributed by atoms with E-state index in [1.165, 1.54) is 41.1 Å². The highest BCUT2D eigenvalue weighted by molar-refractivity contribution is 8.01. The lowest BCUT2D eigenvalue weighted by atomic mass is 10.1. The van der Waals surface area contributed by atoms with Gasteiger partial charge in [0.05, 0.1) is 17.0 Å². The number of nitrogens with zero attached hydrogens (tertiary/aromatic N) is 3. The largest absolute Gasteiger partial charge is 0.456 e. The number of non-ortho nitro benzene ring substituents is 1. The van der Waals surface area contributed by atoms with Crippen LogP contribution >= 0.6 is 11.9 Å². The van der Waals surface area contributed by atoms with Crippen molar-refractivity contribution >= 4 is 35.2 Å². The van der Waals surface area contributed by atoms with E-state index in [2.05, 4.69) is 0 Å². The van der Waals surface area contributed by atoms with Crippen molar-refractivity contribution in [2.24, 2.45) is 0 Å². The number of ether oxygens (including phenoxy) is 1. The van der Waals surface area contributed by atoms with E-state index in [4.69, 9.17) is 4.74 Å². The zero-order valence-corrected chi connectivity index (χ0v) is 15.4. The third kappa shape index (κ3) is 3.44. The number of β-lactam (4-membered cyclic amide) rings is 1. The number of amides is 1. The Morgan fingerprint density at radius 3 is 2.54 bits per heavy atom. The van der Waals surface area contributed by atoms with Crippen LogP contribution in [0.5, 0.6) is 0 Å².